The number of sulfonamides is 1. The van der Waals surface area contributed by atoms with Crippen LogP contribution in [0.3, 0.4) is 0 Å². The van der Waals surface area contributed by atoms with Crippen molar-refractivity contribution in [3.05, 3.63) is 65.7 Å². The Bertz CT molecular complexity index is 880. The molecule has 0 atom stereocenters. The van der Waals surface area contributed by atoms with Gasteiger partial charge in [-0.2, -0.15) is 4.72 Å². The second-order valence-corrected chi connectivity index (χ2v) is 7.80. The van der Waals surface area contributed by atoms with E-state index in [2.05, 4.69) is 4.72 Å². The summed E-state index contributed by atoms with van der Waals surface area (Å²) < 4.78 is 31.2. The molecule has 0 unspecified atom stereocenters. The van der Waals surface area contributed by atoms with Crippen LogP contribution >= 0.6 is 0 Å². The molecule has 0 aliphatic rings. The van der Waals surface area contributed by atoms with Crippen LogP contribution in [0.1, 0.15) is 11.1 Å². The first-order valence-electron chi connectivity index (χ1n) is 8.28. The molecule has 27 heavy (non-hydrogen) atoms. The second-order valence-electron chi connectivity index (χ2n) is 6.03. The third-order valence-electron chi connectivity index (χ3n) is 3.78. The summed E-state index contributed by atoms with van der Waals surface area (Å²) in [5.41, 5.74) is 1.87. The molecular weight excluding hydrogens is 368 g/mol. The number of aryl methyl sites for hydroxylation is 1. The second kappa shape index (κ2) is 9.29. The average Bonchev–Trinajstić information content (AvgIpc) is 2.65. The number of nitrogens with one attached hydrogen (secondary N) is 1. The maximum Gasteiger partial charge on any atom is 0.321 e. The van der Waals surface area contributed by atoms with Crippen LogP contribution in [0.5, 0.6) is 0 Å². The summed E-state index contributed by atoms with van der Waals surface area (Å²) in [6.07, 6.45) is 0. The molecule has 144 valence electrons. The number of likely N-dealkylation sites (N-methyl/N-ethyl adjacent to an activating group) is 1. The Morgan fingerprint density at radius 3 is 2.30 bits per heavy atom. The molecule has 0 fully saturated rings. The summed E-state index contributed by atoms with van der Waals surface area (Å²) >= 11 is 0. The van der Waals surface area contributed by atoms with E-state index < -0.39 is 29.1 Å². The number of hydrogen-bond acceptors (Lipinski definition) is 5. The van der Waals surface area contributed by atoms with Crippen LogP contribution < -0.4 is 4.72 Å². The van der Waals surface area contributed by atoms with Gasteiger partial charge in [0, 0.05) is 13.6 Å². The number of benzene rings is 2. The number of amides is 1. The molecule has 0 heterocycles. The number of rotatable bonds is 8. The Kier molecular flexibility index (Phi) is 7.09. The van der Waals surface area contributed by atoms with Gasteiger partial charge in [-0.3, -0.25) is 9.59 Å². The van der Waals surface area contributed by atoms with Gasteiger partial charge in [0.15, 0.2) is 6.61 Å². The Labute approximate surface area is 159 Å². The monoisotopic (exact) mass is 390 g/mol. The van der Waals surface area contributed by atoms with E-state index in [9.17, 15) is 18.0 Å². The number of ether oxygens (including phenoxy) is 1. The van der Waals surface area contributed by atoms with Crippen LogP contribution in [0.4, 0.5) is 0 Å². The lowest BCUT2D eigenvalue weighted by Crippen LogP contribution is -2.34. The van der Waals surface area contributed by atoms with Crippen molar-refractivity contribution in [3.63, 3.8) is 0 Å². The smallest absolute Gasteiger partial charge is 0.321 e. The van der Waals surface area contributed by atoms with Gasteiger partial charge in [0.25, 0.3) is 5.91 Å². The first-order valence-corrected chi connectivity index (χ1v) is 9.76. The lowest BCUT2D eigenvalue weighted by molar-refractivity contribution is -0.150. The molecule has 7 nitrogen and oxygen atoms in total. The topological polar surface area (TPSA) is 92.8 Å². The van der Waals surface area contributed by atoms with Gasteiger partial charge in [-0.25, -0.2) is 8.42 Å². The lowest BCUT2D eigenvalue weighted by atomic mass is 10.2. The summed E-state index contributed by atoms with van der Waals surface area (Å²) in [5.74, 6) is -1.21. The summed E-state index contributed by atoms with van der Waals surface area (Å²) in [5, 5.41) is 0. The first kappa shape index (κ1) is 20.6. The molecule has 2 aromatic carbocycles. The molecule has 2 aromatic rings. The fourth-order valence-electron chi connectivity index (χ4n) is 2.20. The van der Waals surface area contributed by atoms with E-state index in [1.807, 2.05) is 37.3 Å². The summed E-state index contributed by atoms with van der Waals surface area (Å²) in [4.78, 5) is 25.2. The van der Waals surface area contributed by atoms with Gasteiger partial charge in [-0.1, -0.05) is 48.0 Å². The minimum Gasteiger partial charge on any atom is -0.455 e. The predicted molar refractivity (Wildman–Crippen MR) is 100 cm³/mol. The van der Waals surface area contributed by atoms with Gasteiger partial charge in [0.2, 0.25) is 10.0 Å². The number of carbonyl (C=O) groups excluding carboxylic acids is 2. The fraction of sp³-hybridized carbons (Fsp3) is 0.263. The van der Waals surface area contributed by atoms with Gasteiger partial charge in [-0.05, 0) is 24.6 Å². The molecule has 0 radical (unpaired) electrons. The average molecular weight is 390 g/mol. The van der Waals surface area contributed by atoms with Crippen LogP contribution in [0.2, 0.25) is 0 Å². The van der Waals surface area contributed by atoms with Crippen molar-refractivity contribution in [3.8, 4) is 0 Å². The van der Waals surface area contributed by atoms with E-state index >= 15 is 0 Å². The number of carbonyl (C=O) groups is 2. The number of esters is 1. The molecule has 0 aromatic heterocycles. The Balaban J connectivity index is 1.78. The minimum absolute atomic E-state index is 0.0552. The quantitative estimate of drug-likeness (QED) is 0.689. The fourth-order valence-corrected chi connectivity index (χ4v) is 3.17. The largest absolute Gasteiger partial charge is 0.455 e. The highest BCUT2D eigenvalue weighted by atomic mass is 32.2. The first-order chi connectivity index (χ1) is 12.8. The van der Waals surface area contributed by atoms with Gasteiger partial charge in [-0.15, -0.1) is 0 Å². The number of hydrogen-bond donors (Lipinski definition) is 1. The van der Waals surface area contributed by atoms with Crippen LogP contribution in [-0.2, 0) is 30.9 Å². The van der Waals surface area contributed by atoms with Gasteiger partial charge >= 0.3 is 5.97 Å². The normalized spacial score (nSPS) is 11.0. The van der Waals surface area contributed by atoms with Crippen molar-refractivity contribution in [1.82, 2.24) is 9.62 Å². The number of nitrogens with zero attached hydrogens (tertiary/aromatic N) is 1. The van der Waals surface area contributed by atoms with Gasteiger partial charge in [0.1, 0.15) is 6.54 Å². The van der Waals surface area contributed by atoms with Crippen molar-refractivity contribution >= 4 is 21.9 Å². The maximum absolute atomic E-state index is 12.1. The van der Waals surface area contributed by atoms with Crippen LogP contribution in [-0.4, -0.2) is 45.4 Å². The van der Waals surface area contributed by atoms with Gasteiger partial charge < -0.3 is 9.64 Å². The molecule has 1 N–H and O–H groups in total. The van der Waals surface area contributed by atoms with Crippen molar-refractivity contribution in [1.29, 1.82) is 0 Å². The standard InChI is InChI=1S/C19H22N2O5S/c1-15-8-10-17(11-9-15)27(24,25)20-12-19(23)26-14-18(22)21(2)13-16-6-4-3-5-7-16/h3-11,20H,12-14H2,1-2H3. The van der Waals surface area contributed by atoms with Gasteiger partial charge in [0.05, 0.1) is 4.90 Å². The summed E-state index contributed by atoms with van der Waals surface area (Å²) in [6, 6.07) is 15.6. The SMILES string of the molecule is Cc1ccc(S(=O)(=O)NCC(=O)OCC(=O)N(C)Cc2ccccc2)cc1. The van der Waals surface area contributed by atoms with Crippen molar-refractivity contribution in [2.45, 2.75) is 18.4 Å². The van der Waals surface area contributed by atoms with E-state index in [4.69, 9.17) is 4.74 Å². The van der Waals surface area contributed by atoms with E-state index in [0.717, 1.165) is 11.1 Å². The highest BCUT2D eigenvalue weighted by molar-refractivity contribution is 7.89. The molecule has 0 saturated heterocycles. The van der Waals surface area contributed by atoms with Crippen molar-refractivity contribution < 1.29 is 22.7 Å². The van der Waals surface area contributed by atoms with Crippen LogP contribution in [0.25, 0.3) is 0 Å². The molecule has 0 aliphatic heterocycles. The molecule has 0 aliphatic carbocycles. The molecule has 0 spiro atoms. The zero-order chi connectivity index (χ0) is 19.9. The Hall–Kier alpha value is -2.71. The van der Waals surface area contributed by atoms with Crippen LogP contribution in [0, 0.1) is 6.92 Å². The molecule has 2 rings (SSSR count). The molecule has 1 amide bonds. The third kappa shape index (κ3) is 6.50. The van der Waals surface area contributed by atoms with E-state index in [0.29, 0.717) is 6.54 Å². The molecule has 8 heteroatoms. The Morgan fingerprint density at radius 1 is 1.04 bits per heavy atom. The summed E-state index contributed by atoms with van der Waals surface area (Å²) in [7, 11) is -2.21. The summed E-state index contributed by atoms with van der Waals surface area (Å²) in [6.45, 7) is 1.23. The van der Waals surface area contributed by atoms with Crippen molar-refractivity contribution in [2.24, 2.45) is 0 Å². The van der Waals surface area contributed by atoms with E-state index in [1.165, 1.54) is 17.0 Å². The van der Waals surface area contributed by atoms with Crippen LogP contribution in [0.15, 0.2) is 59.5 Å². The van der Waals surface area contributed by atoms with E-state index in [1.54, 1.807) is 19.2 Å². The Morgan fingerprint density at radius 2 is 1.67 bits per heavy atom. The molecule has 0 bridgehead atoms. The zero-order valence-electron chi connectivity index (χ0n) is 15.2. The van der Waals surface area contributed by atoms with Crippen molar-refractivity contribution in [2.75, 3.05) is 20.2 Å². The molecule has 0 saturated carbocycles. The zero-order valence-corrected chi connectivity index (χ0v) is 16.0. The maximum atomic E-state index is 12.1. The lowest BCUT2D eigenvalue weighted by Gasteiger charge is -2.17. The molecular formula is C19H22N2O5S. The van der Waals surface area contributed by atoms with E-state index in [-0.39, 0.29) is 10.8 Å². The highest BCUT2D eigenvalue weighted by Gasteiger charge is 2.17. The minimum atomic E-state index is -3.81. The highest BCUT2D eigenvalue weighted by Crippen LogP contribution is 2.09. The predicted octanol–water partition coefficient (Wildman–Crippen LogP) is 1.48. The third-order valence-corrected chi connectivity index (χ3v) is 5.20.